The molecule has 3 aromatic rings. The van der Waals surface area contributed by atoms with Gasteiger partial charge in [-0.1, -0.05) is 37.6 Å². The zero-order valence-electron chi connectivity index (χ0n) is 19.7. The molecule has 1 aliphatic rings. The van der Waals surface area contributed by atoms with Crippen molar-refractivity contribution in [1.82, 2.24) is 5.32 Å². The molecular formula is C28H25FN2O5. The van der Waals surface area contributed by atoms with E-state index >= 15 is 0 Å². The molecule has 1 saturated heterocycles. The molecule has 0 aromatic heterocycles. The number of nitrogens with one attached hydrogen (secondary N) is 1. The second kappa shape index (κ2) is 11.3. The number of amides is 4. The number of benzene rings is 3. The Morgan fingerprint density at radius 2 is 1.61 bits per heavy atom. The summed E-state index contributed by atoms with van der Waals surface area (Å²) in [7, 11) is 0. The highest BCUT2D eigenvalue weighted by Gasteiger charge is 2.36. The smallest absolute Gasteiger partial charge is 0.335 e. The van der Waals surface area contributed by atoms with E-state index in [1.165, 1.54) is 18.2 Å². The summed E-state index contributed by atoms with van der Waals surface area (Å²) in [5.41, 5.74) is 1.41. The molecule has 0 saturated carbocycles. The number of anilines is 1. The number of halogens is 1. The average molecular weight is 489 g/mol. The van der Waals surface area contributed by atoms with E-state index in [0.717, 1.165) is 17.7 Å². The number of imide groups is 2. The van der Waals surface area contributed by atoms with E-state index in [1.54, 1.807) is 60.7 Å². The largest absolute Gasteiger partial charge is 0.494 e. The molecule has 0 unspecified atom stereocenters. The lowest BCUT2D eigenvalue weighted by molar-refractivity contribution is -0.122. The third kappa shape index (κ3) is 5.96. The predicted octanol–water partition coefficient (Wildman–Crippen LogP) is 5.25. The van der Waals surface area contributed by atoms with E-state index in [2.05, 4.69) is 12.2 Å². The van der Waals surface area contributed by atoms with Crippen LogP contribution in [0.15, 0.2) is 78.4 Å². The zero-order chi connectivity index (χ0) is 25.5. The van der Waals surface area contributed by atoms with Crippen molar-refractivity contribution in [1.29, 1.82) is 0 Å². The van der Waals surface area contributed by atoms with Crippen molar-refractivity contribution in [3.8, 4) is 11.5 Å². The van der Waals surface area contributed by atoms with Crippen LogP contribution in [0.5, 0.6) is 11.5 Å². The maximum atomic E-state index is 13.3. The van der Waals surface area contributed by atoms with Gasteiger partial charge in [-0.2, -0.15) is 0 Å². The van der Waals surface area contributed by atoms with Crippen molar-refractivity contribution in [3.05, 3.63) is 95.3 Å². The number of nitrogens with zero attached hydrogens (tertiary/aromatic N) is 1. The van der Waals surface area contributed by atoms with Crippen LogP contribution in [-0.4, -0.2) is 24.5 Å². The van der Waals surface area contributed by atoms with E-state index in [4.69, 9.17) is 9.47 Å². The lowest BCUT2D eigenvalue weighted by atomic mass is 10.1. The van der Waals surface area contributed by atoms with Gasteiger partial charge in [0.05, 0.1) is 12.3 Å². The average Bonchev–Trinajstić information content (AvgIpc) is 2.87. The Labute approximate surface area is 208 Å². The van der Waals surface area contributed by atoms with Gasteiger partial charge in [-0.15, -0.1) is 0 Å². The molecule has 1 aliphatic heterocycles. The van der Waals surface area contributed by atoms with Crippen LogP contribution in [0.4, 0.5) is 14.9 Å². The Balaban J connectivity index is 1.46. The molecule has 1 N–H and O–H groups in total. The van der Waals surface area contributed by atoms with E-state index in [-0.39, 0.29) is 18.0 Å². The summed E-state index contributed by atoms with van der Waals surface area (Å²) < 4.78 is 24.6. The summed E-state index contributed by atoms with van der Waals surface area (Å²) >= 11 is 0. The van der Waals surface area contributed by atoms with Crippen molar-refractivity contribution in [2.45, 2.75) is 26.4 Å². The van der Waals surface area contributed by atoms with Gasteiger partial charge in [0.15, 0.2) is 0 Å². The summed E-state index contributed by atoms with van der Waals surface area (Å²) in [6.07, 6.45) is 3.34. The summed E-state index contributed by atoms with van der Waals surface area (Å²) in [4.78, 5) is 38.9. The number of rotatable bonds is 9. The van der Waals surface area contributed by atoms with Gasteiger partial charge in [0.2, 0.25) is 0 Å². The molecule has 0 bridgehead atoms. The van der Waals surface area contributed by atoms with Crippen LogP contribution in [0.3, 0.4) is 0 Å². The first kappa shape index (κ1) is 24.7. The third-order valence-electron chi connectivity index (χ3n) is 5.45. The second-order valence-corrected chi connectivity index (χ2v) is 8.14. The fourth-order valence-electron chi connectivity index (χ4n) is 3.54. The van der Waals surface area contributed by atoms with Crippen molar-refractivity contribution in [2.24, 2.45) is 0 Å². The number of urea groups is 1. The van der Waals surface area contributed by atoms with Crippen molar-refractivity contribution >= 4 is 29.6 Å². The second-order valence-electron chi connectivity index (χ2n) is 8.14. The number of hydrogen-bond donors (Lipinski definition) is 1. The zero-order valence-corrected chi connectivity index (χ0v) is 19.7. The molecule has 0 atom stereocenters. The number of barbiturate groups is 1. The number of carbonyl (C=O) groups excluding carboxylic acids is 3. The van der Waals surface area contributed by atoms with E-state index in [1.807, 2.05) is 0 Å². The number of unbranched alkanes of at least 4 members (excludes halogenated alkanes) is 1. The van der Waals surface area contributed by atoms with Gasteiger partial charge < -0.3 is 9.47 Å². The topological polar surface area (TPSA) is 84.9 Å². The quantitative estimate of drug-likeness (QED) is 0.253. The van der Waals surface area contributed by atoms with Gasteiger partial charge in [-0.05, 0) is 72.2 Å². The fraction of sp³-hybridized carbons (Fsp3) is 0.179. The number of ether oxygens (including phenoxy) is 2. The van der Waals surface area contributed by atoms with Gasteiger partial charge >= 0.3 is 6.03 Å². The van der Waals surface area contributed by atoms with Crippen molar-refractivity contribution in [2.75, 3.05) is 11.5 Å². The van der Waals surface area contributed by atoms with Crippen LogP contribution in [-0.2, 0) is 16.2 Å². The summed E-state index contributed by atoms with van der Waals surface area (Å²) in [5, 5.41) is 2.21. The maximum absolute atomic E-state index is 13.3. The van der Waals surface area contributed by atoms with Gasteiger partial charge in [0.25, 0.3) is 11.8 Å². The van der Waals surface area contributed by atoms with Gasteiger partial charge in [-0.3, -0.25) is 14.9 Å². The SMILES string of the molecule is CCCCOc1ccc(N2C(=O)NC(=O)/C(=C/c3ccc(OCc4cccc(F)c4)cc3)C2=O)cc1. The minimum atomic E-state index is -0.817. The number of hydrogen-bond acceptors (Lipinski definition) is 5. The predicted molar refractivity (Wildman–Crippen MR) is 133 cm³/mol. The van der Waals surface area contributed by atoms with Gasteiger partial charge in [-0.25, -0.2) is 14.1 Å². The monoisotopic (exact) mass is 488 g/mol. The molecule has 0 aliphatic carbocycles. The first-order chi connectivity index (χ1) is 17.4. The molecule has 0 radical (unpaired) electrons. The summed E-state index contributed by atoms with van der Waals surface area (Å²) in [5.74, 6) is -0.665. The molecule has 184 valence electrons. The Morgan fingerprint density at radius 1 is 0.917 bits per heavy atom. The van der Waals surface area contributed by atoms with Crippen LogP contribution < -0.4 is 19.7 Å². The molecule has 3 aromatic carbocycles. The lowest BCUT2D eigenvalue weighted by Crippen LogP contribution is -2.54. The maximum Gasteiger partial charge on any atom is 0.335 e. The molecule has 4 rings (SSSR count). The van der Waals surface area contributed by atoms with Crippen molar-refractivity contribution in [3.63, 3.8) is 0 Å². The Morgan fingerprint density at radius 3 is 2.31 bits per heavy atom. The van der Waals surface area contributed by atoms with Gasteiger partial charge in [0.1, 0.15) is 29.5 Å². The van der Waals surface area contributed by atoms with Gasteiger partial charge in [0, 0.05) is 0 Å². The highest BCUT2D eigenvalue weighted by molar-refractivity contribution is 6.39. The molecule has 1 heterocycles. The molecule has 36 heavy (non-hydrogen) atoms. The molecular weight excluding hydrogens is 463 g/mol. The van der Waals surface area contributed by atoms with Crippen LogP contribution in [0.2, 0.25) is 0 Å². The van der Waals surface area contributed by atoms with Crippen LogP contribution in [0.25, 0.3) is 6.08 Å². The normalized spacial score (nSPS) is 14.7. The standard InChI is InChI=1S/C28H25FN2O5/c1-2-3-15-35-23-13-9-22(10-14-23)31-27(33)25(26(32)30-28(31)34)17-19-7-11-24(12-8-19)36-18-20-5-4-6-21(29)16-20/h4-14,16-17H,2-3,15,18H2,1H3,(H,30,32,34)/b25-17-. The van der Waals surface area contributed by atoms with E-state index < -0.39 is 17.8 Å². The molecule has 4 amide bonds. The minimum Gasteiger partial charge on any atom is -0.494 e. The Kier molecular flexibility index (Phi) is 7.75. The lowest BCUT2D eigenvalue weighted by Gasteiger charge is -2.26. The first-order valence-corrected chi connectivity index (χ1v) is 11.6. The third-order valence-corrected chi connectivity index (χ3v) is 5.45. The fourth-order valence-corrected chi connectivity index (χ4v) is 3.54. The first-order valence-electron chi connectivity index (χ1n) is 11.6. The van der Waals surface area contributed by atoms with Crippen LogP contribution in [0, 0.1) is 5.82 Å². The Hall–Kier alpha value is -4.46. The molecule has 7 nitrogen and oxygen atoms in total. The molecule has 1 fully saturated rings. The van der Waals surface area contributed by atoms with E-state index in [9.17, 15) is 18.8 Å². The van der Waals surface area contributed by atoms with E-state index in [0.29, 0.717) is 34.9 Å². The molecule has 0 spiro atoms. The van der Waals surface area contributed by atoms with Crippen LogP contribution in [0.1, 0.15) is 30.9 Å². The highest BCUT2D eigenvalue weighted by atomic mass is 19.1. The van der Waals surface area contributed by atoms with Crippen molar-refractivity contribution < 1.29 is 28.2 Å². The Bertz CT molecular complexity index is 1290. The number of carbonyl (C=O) groups is 3. The van der Waals surface area contributed by atoms with Crippen LogP contribution >= 0.6 is 0 Å². The molecule has 8 heteroatoms. The minimum absolute atomic E-state index is 0.175. The summed E-state index contributed by atoms with van der Waals surface area (Å²) in [6.45, 7) is 2.84. The highest BCUT2D eigenvalue weighted by Crippen LogP contribution is 2.25. The summed E-state index contributed by atoms with van der Waals surface area (Å²) in [6, 6.07) is 18.6.